The fourth-order valence-corrected chi connectivity index (χ4v) is 3.71. The van der Waals surface area contributed by atoms with Crippen LogP contribution in [-0.2, 0) is 11.3 Å². The lowest BCUT2D eigenvalue weighted by Crippen LogP contribution is -2.40. The van der Waals surface area contributed by atoms with E-state index in [1.165, 1.54) is 6.07 Å². The Labute approximate surface area is 193 Å². The Hall–Kier alpha value is -3.19. The molecule has 1 aromatic heterocycles. The van der Waals surface area contributed by atoms with Crippen molar-refractivity contribution in [3.05, 3.63) is 83.7 Å². The zero-order valence-electron chi connectivity index (χ0n) is 19.5. The minimum absolute atomic E-state index is 0.147. The van der Waals surface area contributed by atoms with Gasteiger partial charge in [0.15, 0.2) is 0 Å². The lowest BCUT2D eigenvalue weighted by Gasteiger charge is -2.32. The van der Waals surface area contributed by atoms with Crippen LogP contribution in [0.1, 0.15) is 51.5 Å². The zero-order chi connectivity index (χ0) is 24.2. The molecule has 1 heterocycles. The Morgan fingerprint density at radius 1 is 1.12 bits per heavy atom. The molecule has 0 saturated carbocycles. The van der Waals surface area contributed by atoms with Gasteiger partial charge in [-0.05, 0) is 36.2 Å². The van der Waals surface area contributed by atoms with Crippen molar-refractivity contribution in [2.45, 2.75) is 46.8 Å². The second-order valence-corrected chi connectivity index (χ2v) is 9.21. The second kappa shape index (κ2) is 10.2. The highest BCUT2D eigenvalue weighted by atomic mass is 19.1. The number of aromatic nitrogens is 1. The SMILES string of the molecule is CCCN(N)C(=O)OC(c1cc(-c2cc(F)ccc2F)cn1Cc1ccccc1)C(C)(C)C. The summed E-state index contributed by atoms with van der Waals surface area (Å²) in [6.45, 7) is 8.61. The molecule has 0 fully saturated rings. The highest BCUT2D eigenvalue weighted by Crippen LogP contribution is 2.39. The molecule has 1 unspecified atom stereocenters. The van der Waals surface area contributed by atoms with Gasteiger partial charge in [-0.1, -0.05) is 58.0 Å². The highest BCUT2D eigenvalue weighted by Gasteiger charge is 2.34. The molecule has 0 saturated heterocycles. The number of rotatable bonds is 7. The molecule has 2 N–H and O–H groups in total. The van der Waals surface area contributed by atoms with Crippen LogP contribution >= 0.6 is 0 Å². The first-order valence-corrected chi connectivity index (χ1v) is 11.0. The highest BCUT2D eigenvalue weighted by molar-refractivity contribution is 5.68. The molecule has 0 radical (unpaired) electrons. The van der Waals surface area contributed by atoms with E-state index in [2.05, 4.69) is 0 Å². The summed E-state index contributed by atoms with van der Waals surface area (Å²) < 4.78 is 36.3. The van der Waals surface area contributed by atoms with Gasteiger partial charge in [-0.15, -0.1) is 0 Å². The first kappa shape index (κ1) is 24.5. The van der Waals surface area contributed by atoms with E-state index in [4.69, 9.17) is 10.6 Å². The van der Waals surface area contributed by atoms with Crippen molar-refractivity contribution in [2.24, 2.45) is 11.3 Å². The van der Waals surface area contributed by atoms with Crippen LogP contribution in [-0.4, -0.2) is 22.2 Å². The minimum Gasteiger partial charge on any atom is -0.438 e. The Balaban J connectivity index is 2.10. The summed E-state index contributed by atoms with van der Waals surface area (Å²) in [6.07, 6.45) is 1.14. The average molecular weight is 456 g/mol. The van der Waals surface area contributed by atoms with E-state index >= 15 is 0 Å². The maximum atomic E-state index is 14.6. The number of halogens is 2. The van der Waals surface area contributed by atoms with Crippen molar-refractivity contribution < 1.29 is 18.3 Å². The predicted molar refractivity (Wildman–Crippen MR) is 125 cm³/mol. The van der Waals surface area contributed by atoms with Crippen LogP contribution in [0.15, 0.2) is 60.8 Å². The van der Waals surface area contributed by atoms with E-state index in [9.17, 15) is 13.6 Å². The third-order valence-corrected chi connectivity index (χ3v) is 5.34. The van der Waals surface area contributed by atoms with Gasteiger partial charge in [0.1, 0.15) is 17.7 Å². The molecule has 0 aliphatic carbocycles. The number of benzene rings is 2. The molecule has 5 nitrogen and oxygen atoms in total. The van der Waals surface area contributed by atoms with Crippen LogP contribution in [0.3, 0.4) is 0 Å². The standard InChI is InChI=1S/C26H31F2N3O2/c1-5-13-31(29)25(32)33-24(26(2,3)4)23-14-19(21-15-20(27)11-12-22(21)28)17-30(23)16-18-9-7-6-8-10-18/h6-12,14-15,17,24H,5,13,16,29H2,1-4H3. The van der Waals surface area contributed by atoms with Gasteiger partial charge in [0.05, 0.1) is 5.69 Å². The molecule has 1 atom stereocenters. The molecule has 3 aromatic rings. The number of hydrazine groups is 1. The smallest absolute Gasteiger partial charge is 0.424 e. The van der Waals surface area contributed by atoms with Crippen molar-refractivity contribution in [3.8, 4) is 11.1 Å². The summed E-state index contributed by atoms with van der Waals surface area (Å²) in [5.74, 6) is 4.80. The number of ether oxygens (including phenoxy) is 1. The maximum Gasteiger partial charge on any atom is 0.424 e. The van der Waals surface area contributed by atoms with Gasteiger partial charge in [-0.2, -0.15) is 0 Å². The van der Waals surface area contributed by atoms with Crippen LogP contribution in [0.5, 0.6) is 0 Å². The summed E-state index contributed by atoms with van der Waals surface area (Å²) in [5, 5.41) is 1.05. The Morgan fingerprint density at radius 2 is 1.82 bits per heavy atom. The van der Waals surface area contributed by atoms with Gasteiger partial charge in [0, 0.05) is 35.8 Å². The number of hydrogen-bond donors (Lipinski definition) is 1. The number of nitrogens with zero attached hydrogens (tertiary/aromatic N) is 2. The summed E-state index contributed by atoms with van der Waals surface area (Å²) in [5.41, 5.74) is 1.84. The minimum atomic E-state index is -0.679. The molecule has 3 rings (SSSR count). The normalized spacial score (nSPS) is 12.5. The fourth-order valence-electron chi connectivity index (χ4n) is 3.71. The van der Waals surface area contributed by atoms with Gasteiger partial charge in [0.2, 0.25) is 0 Å². The predicted octanol–water partition coefficient (Wildman–Crippen LogP) is 6.29. The summed E-state index contributed by atoms with van der Waals surface area (Å²) in [4.78, 5) is 12.7. The molecule has 176 valence electrons. The first-order chi connectivity index (χ1) is 15.6. The van der Waals surface area contributed by atoms with Crippen LogP contribution in [0, 0.1) is 17.0 Å². The van der Waals surface area contributed by atoms with E-state index in [-0.39, 0.29) is 5.56 Å². The number of carbonyl (C=O) groups is 1. The first-order valence-electron chi connectivity index (χ1n) is 11.0. The third-order valence-electron chi connectivity index (χ3n) is 5.34. The van der Waals surface area contributed by atoms with E-state index in [0.29, 0.717) is 30.8 Å². The second-order valence-electron chi connectivity index (χ2n) is 9.21. The van der Waals surface area contributed by atoms with E-state index in [1.807, 2.05) is 62.6 Å². The van der Waals surface area contributed by atoms with Crippen molar-refractivity contribution >= 4 is 6.09 Å². The third kappa shape index (κ3) is 5.99. The summed E-state index contributed by atoms with van der Waals surface area (Å²) in [7, 11) is 0. The number of carbonyl (C=O) groups excluding carboxylic acids is 1. The zero-order valence-corrected chi connectivity index (χ0v) is 19.5. The molecule has 1 amide bonds. The van der Waals surface area contributed by atoms with E-state index in [1.54, 1.807) is 12.3 Å². The molecule has 0 aliphatic rings. The van der Waals surface area contributed by atoms with Gasteiger partial charge in [-0.25, -0.2) is 24.4 Å². The topological polar surface area (TPSA) is 60.5 Å². The summed E-state index contributed by atoms with van der Waals surface area (Å²) in [6, 6.07) is 14.9. The Kier molecular flexibility index (Phi) is 7.53. The molecule has 33 heavy (non-hydrogen) atoms. The molecule has 7 heteroatoms. The van der Waals surface area contributed by atoms with Crippen molar-refractivity contribution in [1.82, 2.24) is 9.58 Å². The largest absolute Gasteiger partial charge is 0.438 e. The van der Waals surface area contributed by atoms with Crippen LogP contribution in [0.4, 0.5) is 13.6 Å². The molecule has 0 aliphatic heterocycles. The van der Waals surface area contributed by atoms with Crippen molar-refractivity contribution in [3.63, 3.8) is 0 Å². The lowest BCUT2D eigenvalue weighted by atomic mass is 9.86. The summed E-state index contributed by atoms with van der Waals surface area (Å²) >= 11 is 0. The molecule has 0 spiro atoms. The van der Waals surface area contributed by atoms with Crippen LogP contribution in [0.2, 0.25) is 0 Å². The van der Waals surface area contributed by atoms with Gasteiger partial charge in [-0.3, -0.25) is 0 Å². The van der Waals surface area contributed by atoms with Gasteiger partial charge < -0.3 is 9.30 Å². The van der Waals surface area contributed by atoms with Crippen LogP contribution in [0.25, 0.3) is 11.1 Å². The Bertz CT molecular complexity index is 1090. The van der Waals surface area contributed by atoms with E-state index in [0.717, 1.165) is 22.7 Å². The van der Waals surface area contributed by atoms with Crippen molar-refractivity contribution in [1.29, 1.82) is 0 Å². The van der Waals surface area contributed by atoms with Crippen molar-refractivity contribution in [2.75, 3.05) is 6.54 Å². The fraction of sp³-hybridized carbons (Fsp3) is 0.346. The molecular formula is C26H31F2N3O2. The quantitative estimate of drug-likeness (QED) is 0.259. The monoisotopic (exact) mass is 455 g/mol. The number of hydrogen-bond acceptors (Lipinski definition) is 3. The maximum absolute atomic E-state index is 14.6. The molecule has 2 aromatic carbocycles. The Morgan fingerprint density at radius 3 is 2.45 bits per heavy atom. The van der Waals surface area contributed by atoms with Gasteiger partial charge >= 0.3 is 6.09 Å². The van der Waals surface area contributed by atoms with E-state index < -0.39 is 29.2 Å². The molecule has 0 bridgehead atoms. The number of amides is 1. The lowest BCUT2D eigenvalue weighted by molar-refractivity contribution is 0.00424. The van der Waals surface area contributed by atoms with Gasteiger partial charge in [0.25, 0.3) is 0 Å². The average Bonchev–Trinajstić information content (AvgIpc) is 3.16. The number of nitrogens with two attached hydrogens (primary N) is 1. The molecular weight excluding hydrogens is 424 g/mol. The van der Waals surface area contributed by atoms with Crippen LogP contribution < -0.4 is 5.84 Å².